The predicted molar refractivity (Wildman–Crippen MR) is 116 cm³/mol. The van der Waals surface area contributed by atoms with Crippen LogP contribution < -0.4 is 10.1 Å². The Labute approximate surface area is 171 Å². The molecule has 1 N–H and O–H groups in total. The second-order valence-corrected chi connectivity index (χ2v) is 8.06. The van der Waals surface area contributed by atoms with Crippen LogP contribution in [0.2, 0.25) is 0 Å². The van der Waals surface area contributed by atoms with Gasteiger partial charge in [0.05, 0.1) is 5.56 Å². The third kappa shape index (κ3) is 5.32. The minimum Gasteiger partial charge on any atom is -0.423 e. The number of ether oxygens (including phenoxy) is 1. The van der Waals surface area contributed by atoms with Gasteiger partial charge in [0.2, 0.25) is 0 Å². The minimum absolute atomic E-state index is 0.0252. The number of nitrogens with one attached hydrogen (secondary N) is 1. The number of carbonyl (C=O) groups is 2. The van der Waals surface area contributed by atoms with Crippen molar-refractivity contribution in [3.8, 4) is 5.75 Å². The number of hydrogen-bond donors (Lipinski definition) is 1. The summed E-state index contributed by atoms with van der Waals surface area (Å²) in [6.45, 7) is 8.36. The molecule has 0 aromatic heterocycles. The number of amides is 1. The van der Waals surface area contributed by atoms with Crippen LogP contribution in [0.4, 0.5) is 5.69 Å². The molecule has 0 aliphatic rings. The average molecular weight is 387 g/mol. The van der Waals surface area contributed by atoms with E-state index in [0.717, 1.165) is 16.8 Å². The first-order valence-corrected chi connectivity index (χ1v) is 9.53. The van der Waals surface area contributed by atoms with E-state index >= 15 is 0 Å². The third-order valence-electron chi connectivity index (χ3n) is 4.62. The standard InChI is InChI=1S/C25H25NO3/c1-17-5-13-21(14-6-17)26-23(27)18-9-15-22(16-10-18)29-24(28)19-7-11-20(12-8-19)25(2,3)4/h5-16H,1-4H3,(H,26,27). The Kier molecular flexibility index (Phi) is 5.83. The summed E-state index contributed by atoms with van der Waals surface area (Å²) >= 11 is 0. The maximum atomic E-state index is 12.4. The van der Waals surface area contributed by atoms with Crippen LogP contribution in [0.3, 0.4) is 0 Å². The van der Waals surface area contributed by atoms with E-state index in [0.29, 0.717) is 16.9 Å². The lowest BCUT2D eigenvalue weighted by atomic mass is 9.87. The lowest BCUT2D eigenvalue weighted by Crippen LogP contribution is -2.13. The van der Waals surface area contributed by atoms with Crippen LogP contribution in [0.5, 0.6) is 5.75 Å². The molecule has 1 amide bonds. The van der Waals surface area contributed by atoms with Gasteiger partial charge in [0.1, 0.15) is 5.75 Å². The number of esters is 1. The molecular weight excluding hydrogens is 362 g/mol. The van der Waals surface area contributed by atoms with Crippen LogP contribution in [0, 0.1) is 6.92 Å². The highest BCUT2D eigenvalue weighted by Gasteiger charge is 2.15. The molecule has 0 spiro atoms. The second-order valence-electron chi connectivity index (χ2n) is 8.06. The van der Waals surface area contributed by atoms with E-state index in [2.05, 4.69) is 26.1 Å². The van der Waals surface area contributed by atoms with Gasteiger partial charge in [0.15, 0.2) is 0 Å². The SMILES string of the molecule is Cc1ccc(NC(=O)c2ccc(OC(=O)c3ccc(C(C)(C)C)cc3)cc2)cc1. The van der Waals surface area contributed by atoms with Crippen molar-refractivity contribution in [2.75, 3.05) is 5.32 Å². The molecule has 29 heavy (non-hydrogen) atoms. The van der Waals surface area contributed by atoms with Crippen molar-refractivity contribution < 1.29 is 14.3 Å². The molecule has 148 valence electrons. The summed E-state index contributed by atoms with van der Waals surface area (Å²) in [4.78, 5) is 24.7. The van der Waals surface area contributed by atoms with Crippen molar-refractivity contribution in [1.29, 1.82) is 0 Å². The minimum atomic E-state index is -0.428. The molecule has 0 fully saturated rings. The topological polar surface area (TPSA) is 55.4 Å². The molecule has 4 heteroatoms. The number of carbonyl (C=O) groups excluding carboxylic acids is 2. The summed E-state index contributed by atoms with van der Waals surface area (Å²) < 4.78 is 5.42. The molecule has 3 aromatic carbocycles. The summed E-state index contributed by atoms with van der Waals surface area (Å²) in [6.07, 6.45) is 0. The Hall–Kier alpha value is -3.40. The largest absolute Gasteiger partial charge is 0.423 e. The molecule has 0 saturated heterocycles. The second kappa shape index (κ2) is 8.31. The summed E-state index contributed by atoms with van der Waals surface area (Å²) in [5.41, 5.74) is 4.01. The van der Waals surface area contributed by atoms with Gasteiger partial charge in [-0.05, 0) is 66.4 Å². The van der Waals surface area contributed by atoms with E-state index in [4.69, 9.17) is 4.74 Å². The van der Waals surface area contributed by atoms with Crippen molar-refractivity contribution in [1.82, 2.24) is 0 Å². The first-order valence-electron chi connectivity index (χ1n) is 9.53. The normalized spacial score (nSPS) is 11.0. The quantitative estimate of drug-likeness (QED) is 0.457. The van der Waals surface area contributed by atoms with Crippen molar-refractivity contribution in [2.45, 2.75) is 33.1 Å². The van der Waals surface area contributed by atoms with E-state index in [-0.39, 0.29) is 11.3 Å². The summed E-state index contributed by atoms with van der Waals surface area (Å²) in [6, 6.07) is 21.5. The van der Waals surface area contributed by atoms with Gasteiger partial charge in [0, 0.05) is 11.3 Å². The Morgan fingerprint density at radius 3 is 1.86 bits per heavy atom. The molecule has 0 unspecified atom stereocenters. The first kappa shape index (κ1) is 20.3. The van der Waals surface area contributed by atoms with Crippen molar-refractivity contribution in [3.05, 3.63) is 95.1 Å². The molecule has 0 aliphatic carbocycles. The lowest BCUT2D eigenvalue weighted by molar-refractivity contribution is 0.0734. The zero-order valence-corrected chi connectivity index (χ0v) is 17.2. The van der Waals surface area contributed by atoms with E-state index in [1.807, 2.05) is 43.3 Å². The highest BCUT2D eigenvalue weighted by atomic mass is 16.5. The van der Waals surface area contributed by atoms with Crippen LogP contribution in [0.25, 0.3) is 0 Å². The van der Waals surface area contributed by atoms with Crippen molar-refractivity contribution >= 4 is 17.6 Å². The summed E-state index contributed by atoms with van der Waals surface area (Å²) in [5.74, 6) is -0.256. The van der Waals surface area contributed by atoms with Crippen LogP contribution in [-0.4, -0.2) is 11.9 Å². The van der Waals surface area contributed by atoms with Gasteiger partial charge < -0.3 is 10.1 Å². The van der Waals surface area contributed by atoms with Gasteiger partial charge in [0.25, 0.3) is 5.91 Å². The molecule has 0 aliphatic heterocycles. The van der Waals surface area contributed by atoms with Crippen molar-refractivity contribution in [2.24, 2.45) is 0 Å². The molecule has 0 saturated carbocycles. The van der Waals surface area contributed by atoms with Gasteiger partial charge in [-0.3, -0.25) is 4.79 Å². The van der Waals surface area contributed by atoms with Gasteiger partial charge in [-0.1, -0.05) is 50.6 Å². The van der Waals surface area contributed by atoms with Gasteiger partial charge in [-0.25, -0.2) is 4.79 Å². The number of rotatable bonds is 4. The van der Waals surface area contributed by atoms with Gasteiger partial charge >= 0.3 is 5.97 Å². The number of benzene rings is 3. The zero-order chi connectivity index (χ0) is 21.0. The fraction of sp³-hybridized carbons (Fsp3) is 0.200. The number of anilines is 1. The van der Waals surface area contributed by atoms with Crippen molar-refractivity contribution in [3.63, 3.8) is 0 Å². The van der Waals surface area contributed by atoms with Gasteiger partial charge in [-0.15, -0.1) is 0 Å². The number of hydrogen-bond acceptors (Lipinski definition) is 3. The zero-order valence-electron chi connectivity index (χ0n) is 17.2. The Morgan fingerprint density at radius 1 is 0.759 bits per heavy atom. The Bertz CT molecular complexity index is 996. The molecule has 0 radical (unpaired) electrons. The maximum absolute atomic E-state index is 12.4. The highest BCUT2D eigenvalue weighted by Crippen LogP contribution is 2.23. The highest BCUT2D eigenvalue weighted by molar-refractivity contribution is 6.04. The Morgan fingerprint density at radius 2 is 1.31 bits per heavy atom. The fourth-order valence-electron chi connectivity index (χ4n) is 2.79. The molecule has 0 bridgehead atoms. The fourth-order valence-corrected chi connectivity index (χ4v) is 2.79. The predicted octanol–water partition coefficient (Wildman–Crippen LogP) is 5.76. The first-order chi connectivity index (χ1) is 13.7. The van der Waals surface area contributed by atoms with Crippen LogP contribution >= 0.6 is 0 Å². The smallest absolute Gasteiger partial charge is 0.343 e. The maximum Gasteiger partial charge on any atom is 0.343 e. The third-order valence-corrected chi connectivity index (χ3v) is 4.62. The molecular formula is C25H25NO3. The van der Waals surface area contributed by atoms with Gasteiger partial charge in [-0.2, -0.15) is 0 Å². The molecule has 3 aromatic rings. The van der Waals surface area contributed by atoms with Crippen LogP contribution in [-0.2, 0) is 5.41 Å². The van der Waals surface area contributed by atoms with E-state index < -0.39 is 5.97 Å². The van der Waals surface area contributed by atoms with Crippen LogP contribution in [0.1, 0.15) is 52.6 Å². The average Bonchev–Trinajstić information content (AvgIpc) is 2.69. The molecule has 4 nitrogen and oxygen atoms in total. The van der Waals surface area contributed by atoms with E-state index in [9.17, 15) is 9.59 Å². The molecule has 0 heterocycles. The molecule has 3 rings (SSSR count). The Balaban J connectivity index is 1.63. The lowest BCUT2D eigenvalue weighted by Gasteiger charge is -2.18. The van der Waals surface area contributed by atoms with E-state index in [1.54, 1.807) is 36.4 Å². The summed E-state index contributed by atoms with van der Waals surface area (Å²) in [7, 11) is 0. The van der Waals surface area contributed by atoms with Crippen LogP contribution in [0.15, 0.2) is 72.8 Å². The number of aryl methyl sites for hydroxylation is 1. The molecule has 0 atom stereocenters. The van der Waals surface area contributed by atoms with E-state index in [1.165, 1.54) is 0 Å². The summed E-state index contributed by atoms with van der Waals surface area (Å²) in [5, 5.41) is 2.84. The monoisotopic (exact) mass is 387 g/mol.